The second-order valence-corrected chi connectivity index (χ2v) is 7.21. The van der Waals surface area contributed by atoms with Crippen molar-refractivity contribution >= 4 is 16.9 Å². The predicted molar refractivity (Wildman–Crippen MR) is 114 cm³/mol. The fraction of sp³-hybridized carbons (Fsp3) is 0.381. The monoisotopic (exact) mass is 411 g/mol. The van der Waals surface area contributed by atoms with E-state index in [0.717, 1.165) is 17.7 Å². The van der Waals surface area contributed by atoms with Gasteiger partial charge in [-0.1, -0.05) is 6.07 Å². The maximum absolute atomic E-state index is 12.9. The summed E-state index contributed by atoms with van der Waals surface area (Å²) in [4.78, 5) is 30.0. The van der Waals surface area contributed by atoms with Crippen LogP contribution in [-0.4, -0.2) is 37.3 Å². The Morgan fingerprint density at radius 1 is 1.07 bits per heavy atom. The van der Waals surface area contributed by atoms with E-state index in [1.54, 1.807) is 32.6 Å². The van der Waals surface area contributed by atoms with Crippen LogP contribution in [0.15, 0.2) is 34.0 Å². The summed E-state index contributed by atoms with van der Waals surface area (Å²) in [5, 5.41) is 0. The molecule has 3 heterocycles. The molecule has 158 valence electrons. The van der Waals surface area contributed by atoms with Crippen molar-refractivity contribution in [1.82, 2.24) is 23.1 Å². The van der Waals surface area contributed by atoms with Crippen molar-refractivity contribution < 1.29 is 9.47 Å². The third-order valence-corrected chi connectivity index (χ3v) is 5.53. The average molecular weight is 411 g/mol. The Hall–Kier alpha value is -3.49. The zero-order valence-corrected chi connectivity index (χ0v) is 17.8. The van der Waals surface area contributed by atoms with Gasteiger partial charge in [0, 0.05) is 32.0 Å². The van der Waals surface area contributed by atoms with E-state index in [9.17, 15) is 9.59 Å². The fourth-order valence-electron chi connectivity index (χ4n) is 3.89. The van der Waals surface area contributed by atoms with Crippen molar-refractivity contribution in [3.63, 3.8) is 0 Å². The molecule has 0 radical (unpaired) electrons. The molecule has 30 heavy (non-hydrogen) atoms. The molecule has 0 spiro atoms. The Labute approximate surface area is 172 Å². The molecule has 0 aliphatic rings. The number of hydrogen-bond donors (Lipinski definition) is 0. The largest absolute Gasteiger partial charge is 0.493 e. The third-order valence-electron chi connectivity index (χ3n) is 5.53. The molecular formula is C21H25N5O4. The molecule has 0 aliphatic carbocycles. The SMILES string of the molecule is CCn1c(=O)c2c(nc3n(CCc4ccc(OC)c(OC)c4)c(C)cn23)n(C)c1=O. The van der Waals surface area contributed by atoms with E-state index in [0.29, 0.717) is 41.5 Å². The van der Waals surface area contributed by atoms with Gasteiger partial charge in [-0.25, -0.2) is 4.79 Å². The van der Waals surface area contributed by atoms with E-state index in [4.69, 9.17) is 9.47 Å². The number of methoxy groups -OCH3 is 2. The summed E-state index contributed by atoms with van der Waals surface area (Å²) in [6, 6.07) is 5.85. The quantitative estimate of drug-likeness (QED) is 0.483. The van der Waals surface area contributed by atoms with Gasteiger partial charge in [0.2, 0.25) is 5.78 Å². The van der Waals surface area contributed by atoms with Crippen molar-refractivity contribution in [3.8, 4) is 11.5 Å². The number of imidazole rings is 2. The number of nitrogens with zero attached hydrogens (tertiary/aromatic N) is 5. The Bertz CT molecular complexity index is 1370. The smallest absolute Gasteiger partial charge is 0.332 e. The van der Waals surface area contributed by atoms with Gasteiger partial charge in [0.1, 0.15) is 0 Å². The van der Waals surface area contributed by atoms with E-state index in [1.807, 2.05) is 31.3 Å². The van der Waals surface area contributed by atoms with Crippen LogP contribution in [0.4, 0.5) is 0 Å². The number of ether oxygens (including phenoxy) is 2. The van der Waals surface area contributed by atoms with Crippen LogP contribution in [0.25, 0.3) is 16.9 Å². The standard InChI is InChI=1S/C21H25N5O4/c1-6-24-19(27)17-18(23(3)21(24)28)22-20-25(13(2)12-26(17)20)10-9-14-7-8-15(29-4)16(11-14)30-5/h7-8,11-12H,6,9-10H2,1-5H3. The first-order chi connectivity index (χ1) is 14.4. The summed E-state index contributed by atoms with van der Waals surface area (Å²) < 4.78 is 17.2. The average Bonchev–Trinajstić information content (AvgIpc) is 3.25. The van der Waals surface area contributed by atoms with Gasteiger partial charge in [0.25, 0.3) is 5.56 Å². The molecule has 0 saturated carbocycles. The van der Waals surface area contributed by atoms with E-state index >= 15 is 0 Å². The van der Waals surface area contributed by atoms with Gasteiger partial charge in [-0.05, 0) is 38.0 Å². The molecule has 0 fully saturated rings. The zero-order chi connectivity index (χ0) is 21.6. The van der Waals surface area contributed by atoms with Crippen molar-refractivity contribution in [3.05, 3.63) is 56.5 Å². The highest BCUT2D eigenvalue weighted by atomic mass is 16.5. The topological polar surface area (TPSA) is 84.7 Å². The summed E-state index contributed by atoms with van der Waals surface area (Å²) in [5.74, 6) is 2.02. The number of rotatable bonds is 6. The van der Waals surface area contributed by atoms with Crippen LogP contribution >= 0.6 is 0 Å². The molecule has 0 N–H and O–H groups in total. The summed E-state index contributed by atoms with van der Waals surface area (Å²) in [7, 11) is 4.87. The molecule has 4 rings (SSSR count). The molecule has 4 aromatic rings. The Kier molecular flexibility index (Phi) is 4.89. The maximum atomic E-state index is 12.9. The summed E-state index contributed by atoms with van der Waals surface area (Å²) in [6.07, 6.45) is 2.64. The van der Waals surface area contributed by atoms with Crippen molar-refractivity contribution in [2.24, 2.45) is 7.05 Å². The highest BCUT2D eigenvalue weighted by Gasteiger charge is 2.19. The van der Waals surface area contributed by atoms with Gasteiger partial charge in [-0.2, -0.15) is 4.98 Å². The number of hydrogen-bond acceptors (Lipinski definition) is 5. The first-order valence-electron chi connectivity index (χ1n) is 9.79. The van der Waals surface area contributed by atoms with E-state index in [2.05, 4.69) is 9.55 Å². The lowest BCUT2D eigenvalue weighted by Crippen LogP contribution is -2.38. The molecule has 0 unspecified atom stereocenters. The van der Waals surface area contributed by atoms with Crippen molar-refractivity contribution in [2.75, 3.05) is 14.2 Å². The molecule has 0 amide bonds. The van der Waals surface area contributed by atoms with Gasteiger partial charge in [0.15, 0.2) is 22.7 Å². The lowest BCUT2D eigenvalue weighted by molar-refractivity contribution is 0.354. The lowest BCUT2D eigenvalue weighted by Gasteiger charge is -2.10. The van der Waals surface area contributed by atoms with Crippen LogP contribution < -0.4 is 20.7 Å². The van der Waals surface area contributed by atoms with Crippen LogP contribution in [0.3, 0.4) is 0 Å². The Balaban J connectivity index is 1.79. The highest BCUT2D eigenvalue weighted by molar-refractivity contribution is 5.75. The van der Waals surface area contributed by atoms with Crippen LogP contribution in [0.2, 0.25) is 0 Å². The van der Waals surface area contributed by atoms with Crippen LogP contribution in [0.5, 0.6) is 11.5 Å². The molecular weight excluding hydrogens is 386 g/mol. The number of aryl methyl sites for hydroxylation is 4. The first-order valence-corrected chi connectivity index (χ1v) is 9.79. The normalized spacial score (nSPS) is 11.5. The van der Waals surface area contributed by atoms with Gasteiger partial charge in [-0.3, -0.25) is 18.3 Å². The second kappa shape index (κ2) is 7.40. The minimum atomic E-state index is -0.357. The third kappa shape index (κ3) is 2.89. The molecule has 1 aromatic carbocycles. The molecule has 0 bridgehead atoms. The Morgan fingerprint density at radius 2 is 1.80 bits per heavy atom. The summed E-state index contributed by atoms with van der Waals surface area (Å²) in [6.45, 7) is 4.74. The van der Waals surface area contributed by atoms with E-state index in [-0.39, 0.29) is 11.2 Å². The first kappa shape index (κ1) is 19.8. The molecule has 9 nitrogen and oxygen atoms in total. The predicted octanol–water partition coefficient (Wildman–Crippen LogP) is 1.74. The van der Waals surface area contributed by atoms with Crippen LogP contribution in [0.1, 0.15) is 18.2 Å². The lowest BCUT2D eigenvalue weighted by atomic mass is 10.1. The van der Waals surface area contributed by atoms with E-state index < -0.39 is 0 Å². The number of aromatic nitrogens is 5. The Morgan fingerprint density at radius 3 is 2.47 bits per heavy atom. The summed E-state index contributed by atoms with van der Waals surface area (Å²) in [5.41, 5.74) is 2.21. The summed E-state index contributed by atoms with van der Waals surface area (Å²) >= 11 is 0. The molecule has 0 aliphatic heterocycles. The number of benzene rings is 1. The second-order valence-electron chi connectivity index (χ2n) is 7.21. The van der Waals surface area contributed by atoms with Crippen LogP contribution in [-0.2, 0) is 26.6 Å². The van der Waals surface area contributed by atoms with Crippen molar-refractivity contribution in [2.45, 2.75) is 33.4 Å². The van der Waals surface area contributed by atoms with Gasteiger partial charge in [-0.15, -0.1) is 0 Å². The van der Waals surface area contributed by atoms with Gasteiger partial charge in [0.05, 0.1) is 14.2 Å². The van der Waals surface area contributed by atoms with Gasteiger partial charge < -0.3 is 14.0 Å². The minimum Gasteiger partial charge on any atom is -0.493 e. The molecule has 0 saturated heterocycles. The van der Waals surface area contributed by atoms with Crippen molar-refractivity contribution in [1.29, 1.82) is 0 Å². The highest BCUT2D eigenvalue weighted by Crippen LogP contribution is 2.28. The van der Waals surface area contributed by atoms with Gasteiger partial charge >= 0.3 is 5.69 Å². The molecule has 0 atom stereocenters. The fourth-order valence-corrected chi connectivity index (χ4v) is 3.89. The zero-order valence-electron chi connectivity index (χ0n) is 17.8. The minimum absolute atomic E-state index is 0.313. The molecule has 3 aromatic heterocycles. The van der Waals surface area contributed by atoms with Crippen LogP contribution in [0, 0.1) is 6.92 Å². The maximum Gasteiger partial charge on any atom is 0.332 e. The number of fused-ring (bicyclic) bond motifs is 3. The molecule has 9 heteroatoms. The van der Waals surface area contributed by atoms with E-state index in [1.165, 1.54) is 9.13 Å².